The van der Waals surface area contributed by atoms with Gasteiger partial charge in [-0.15, -0.1) is 0 Å². The van der Waals surface area contributed by atoms with Gasteiger partial charge in [-0.05, 0) is 52.2 Å². The van der Waals surface area contributed by atoms with E-state index in [4.69, 9.17) is 4.74 Å². The Morgan fingerprint density at radius 3 is 2.75 bits per heavy atom. The van der Waals surface area contributed by atoms with Gasteiger partial charge in [-0.3, -0.25) is 4.98 Å². The molecule has 0 aliphatic carbocycles. The minimum atomic E-state index is -3.70. The van der Waals surface area contributed by atoms with Crippen LogP contribution >= 0.6 is 0 Å². The zero-order valence-corrected chi connectivity index (χ0v) is 17.5. The Bertz CT molecular complexity index is 977. The molecule has 3 rings (SSSR count). The van der Waals surface area contributed by atoms with Crippen LogP contribution in [0.5, 0.6) is 0 Å². The number of benzene rings is 1. The molecule has 1 amide bonds. The molecule has 1 aliphatic heterocycles. The van der Waals surface area contributed by atoms with Gasteiger partial charge in [0.25, 0.3) is 0 Å². The molecule has 1 fully saturated rings. The van der Waals surface area contributed by atoms with Gasteiger partial charge in [0.15, 0.2) is 0 Å². The number of carbonyl (C=O) groups is 1. The molecule has 0 spiro atoms. The average molecular weight is 406 g/mol. The van der Waals surface area contributed by atoms with Crippen molar-refractivity contribution in [1.82, 2.24) is 14.6 Å². The second-order valence-corrected chi connectivity index (χ2v) is 10.1. The third-order valence-electron chi connectivity index (χ3n) is 4.66. The van der Waals surface area contributed by atoms with Crippen LogP contribution in [-0.2, 0) is 14.8 Å². The summed E-state index contributed by atoms with van der Waals surface area (Å²) in [5.41, 5.74) is 0.219. The number of alkyl carbamates (subject to hydrolysis) is 1. The number of pyridine rings is 1. The number of carbonyl (C=O) groups excluding carboxylic acids is 1. The fourth-order valence-electron chi connectivity index (χ4n) is 3.48. The quantitative estimate of drug-likeness (QED) is 0.847. The molecule has 0 radical (unpaired) electrons. The van der Waals surface area contributed by atoms with Crippen molar-refractivity contribution in [3.63, 3.8) is 0 Å². The standard InChI is InChI=1S/C20H27N3O4S/c1-14-11-21-12-15-7-5-9-17(18(14)15)28(25,26)23-10-6-8-16(13-23)22-19(24)27-20(2,3)4/h5,7,9,11-12,16H,6,8,10,13H2,1-4H3,(H,22,24). The zero-order valence-electron chi connectivity index (χ0n) is 16.7. The molecule has 2 heterocycles. The molecule has 7 nitrogen and oxygen atoms in total. The summed E-state index contributed by atoms with van der Waals surface area (Å²) in [5.74, 6) is 0. The van der Waals surface area contributed by atoms with E-state index in [1.165, 1.54) is 4.31 Å². The van der Waals surface area contributed by atoms with E-state index >= 15 is 0 Å². The maximum Gasteiger partial charge on any atom is 0.407 e. The molecular weight excluding hydrogens is 378 g/mol. The summed E-state index contributed by atoms with van der Waals surface area (Å²) in [4.78, 5) is 16.5. The Balaban J connectivity index is 1.84. The van der Waals surface area contributed by atoms with Gasteiger partial charge in [0.1, 0.15) is 5.60 Å². The summed E-state index contributed by atoms with van der Waals surface area (Å²) >= 11 is 0. The number of hydrogen-bond acceptors (Lipinski definition) is 5. The highest BCUT2D eigenvalue weighted by Crippen LogP contribution is 2.29. The lowest BCUT2D eigenvalue weighted by molar-refractivity contribution is 0.0487. The molecule has 1 aromatic heterocycles. The Labute approximate surface area is 166 Å². The summed E-state index contributed by atoms with van der Waals surface area (Å²) < 4.78 is 33.5. The molecule has 1 aliphatic rings. The van der Waals surface area contributed by atoms with Crippen molar-refractivity contribution in [2.75, 3.05) is 13.1 Å². The highest BCUT2D eigenvalue weighted by molar-refractivity contribution is 7.89. The fourth-order valence-corrected chi connectivity index (χ4v) is 5.29. The van der Waals surface area contributed by atoms with Crippen LogP contribution in [0.3, 0.4) is 0 Å². The van der Waals surface area contributed by atoms with E-state index in [2.05, 4.69) is 10.3 Å². The summed E-state index contributed by atoms with van der Waals surface area (Å²) in [5, 5.41) is 4.29. The number of rotatable bonds is 3. The molecule has 1 aromatic carbocycles. The number of nitrogens with one attached hydrogen (secondary N) is 1. The largest absolute Gasteiger partial charge is 0.444 e. The van der Waals surface area contributed by atoms with Gasteiger partial charge in [0, 0.05) is 42.3 Å². The lowest BCUT2D eigenvalue weighted by atomic mass is 10.1. The van der Waals surface area contributed by atoms with Crippen molar-refractivity contribution in [3.05, 3.63) is 36.2 Å². The lowest BCUT2D eigenvalue weighted by Crippen LogP contribution is -2.50. The number of aromatic nitrogens is 1. The van der Waals surface area contributed by atoms with E-state index in [9.17, 15) is 13.2 Å². The fraction of sp³-hybridized carbons (Fsp3) is 0.500. The van der Waals surface area contributed by atoms with Crippen molar-refractivity contribution >= 4 is 26.9 Å². The summed E-state index contributed by atoms with van der Waals surface area (Å²) in [6.07, 6.45) is 4.20. The first kappa shape index (κ1) is 20.5. The molecule has 8 heteroatoms. The first-order valence-electron chi connectivity index (χ1n) is 9.41. The first-order valence-corrected chi connectivity index (χ1v) is 10.8. The van der Waals surface area contributed by atoms with Crippen molar-refractivity contribution in [2.24, 2.45) is 0 Å². The maximum absolute atomic E-state index is 13.4. The van der Waals surface area contributed by atoms with Crippen LogP contribution in [-0.4, -0.2) is 48.5 Å². The van der Waals surface area contributed by atoms with Crippen molar-refractivity contribution in [1.29, 1.82) is 0 Å². The third-order valence-corrected chi connectivity index (χ3v) is 6.56. The van der Waals surface area contributed by atoms with Gasteiger partial charge < -0.3 is 10.1 Å². The van der Waals surface area contributed by atoms with Crippen LogP contribution < -0.4 is 5.32 Å². The minimum absolute atomic E-state index is 0.224. The van der Waals surface area contributed by atoms with Gasteiger partial charge in [0.05, 0.1) is 4.90 Å². The van der Waals surface area contributed by atoms with E-state index < -0.39 is 21.7 Å². The summed E-state index contributed by atoms with van der Waals surface area (Å²) in [6.45, 7) is 7.89. The molecule has 0 saturated carbocycles. The number of piperidine rings is 1. The molecule has 0 bridgehead atoms. The number of fused-ring (bicyclic) bond motifs is 1. The predicted molar refractivity (Wildman–Crippen MR) is 108 cm³/mol. The van der Waals surface area contributed by atoms with Crippen molar-refractivity contribution < 1.29 is 17.9 Å². The summed E-state index contributed by atoms with van der Waals surface area (Å²) in [7, 11) is -3.70. The molecule has 1 unspecified atom stereocenters. The molecular formula is C20H27N3O4S. The van der Waals surface area contributed by atoms with Gasteiger partial charge >= 0.3 is 6.09 Å². The number of ether oxygens (including phenoxy) is 1. The summed E-state index contributed by atoms with van der Waals surface area (Å²) in [6, 6.07) is 4.94. The molecule has 1 N–H and O–H groups in total. The molecule has 1 saturated heterocycles. The third kappa shape index (κ3) is 4.44. The topological polar surface area (TPSA) is 88.6 Å². The molecule has 1 atom stereocenters. The molecule has 152 valence electrons. The maximum atomic E-state index is 13.4. The van der Waals surface area contributed by atoms with E-state index in [-0.39, 0.29) is 17.5 Å². The highest BCUT2D eigenvalue weighted by Gasteiger charge is 2.32. The Kier molecular flexibility index (Phi) is 5.63. The smallest absolute Gasteiger partial charge is 0.407 e. The number of amides is 1. The lowest BCUT2D eigenvalue weighted by Gasteiger charge is -2.33. The molecule has 28 heavy (non-hydrogen) atoms. The van der Waals surface area contributed by atoms with Gasteiger partial charge in [-0.1, -0.05) is 12.1 Å². The van der Waals surface area contributed by atoms with E-state index in [0.29, 0.717) is 24.8 Å². The minimum Gasteiger partial charge on any atom is -0.444 e. The van der Waals surface area contributed by atoms with Crippen LogP contribution in [0.1, 0.15) is 39.2 Å². The zero-order chi connectivity index (χ0) is 20.5. The number of sulfonamides is 1. The first-order chi connectivity index (χ1) is 13.1. The van der Waals surface area contributed by atoms with E-state index in [1.54, 1.807) is 45.3 Å². The van der Waals surface area contributed by atoms with E-state index in [1.807, 2.05) is 13.0 Å². The van der Waals surface area contributed by atoms with Crippen molar-refractivity contribution in [3.8, 4) is 0 Å². The van der Waals surface area contributed by atoms with Crippen LogP contribution in [0.25, 0.3) is 10.8 Å². The van der Waals surface area contributed by atoms with Gasteiger partial charge in [-0.25, -0.2) is 13.2 Å². The van der Waals surface area contributed by atoms with Gasteiger partial charge in [0.2, 0.25) is 10.0 Å². The Morgan fingerprint density at radius 2 is 2.04 bits per heavy atom. The number of hydrogen-bond donors (Lipinski definition) is 1. The van der Waals surface area contributed by atoms with Crippen LogP contribution in [0.4, 0.5) is 4.79 Å². The van der Waals surface area contributed by atoms with Crippen LogP contribution in [0.15, 0.2) is 35.5 Å². The highest BCUT2D eigenvalue weighted by atomic mass is 32.2. The van der Waals surface area contributed by atoms with Crippen molar-refractivity contribution in [2.45, 2.75) is 57.1 Å². The predicted octanol–water partition coefficient (Wildman–Crippen LogP) is 3.22. The monoisotopic (exact) mass is 405 g/mol. The number of nitrogens with zero attached hydrogens (tertiary/aromatic N) is 2. The van der Waals surface area contributed by atoms with Gasteiger partial charge in [-0.2, -0.15) is 4.31 Å². The molecule has 2 aromatic rings. The second kappa shape index (κ2) is 7.67. The Morgan fingerprint density at radius 1 is 1.29 bits per heavy atom. The average Bonchev–Trinajstić information content (AvgIpc) is 2.60. The van der Waals surface area contributed by atoms with Crippen LogP contribution in [0.2, 0.25) is 0 Å². The number of aryl methyl sites for hydroxylation is 1. The van der Waals surface area contributed by atoms with E-state index in [0.717, 1.165) is 10.9 Å². The second-order valence-electron chi connectivity index (χ2n) is 8.16. The van der Waals surface area contributed by atoms with Crippen LogP contribution in [0, 0.1) is 6.92 Å². The normalized spacial score (nSPS) is 18.8. The Hall–Kier alpha value is -2.19. The SMILES string of the molecule is Cc1cncc2cccc(S(=O)(=O)N3CCCC(NC(=O)OC(C)(C)C)C3)c12.